The number of nitrogens with two attached hydrogens (primary N) is 1. The van der Waals surface area contributed by atoms with E-state index in [1.54, 1.807) is 12.3 Å². The first-order valence-electron chi connectivity index (χ1n) is 2.42. The molecule has 3 nitrogen and oxygen atoms in total. The number of hydrogen-bond donors (Lipinski definition) is 2. The third-order valence-corrected chi connectivity index (χ3v) is 1.13. The Morgan fingerprint density at radius 2 is 2.50 bits per heavy atom. The monoisotopic (exact) mass is 109 g/mol. The molecule has 0 aromatic rings. The van der Waals surface area contributed by atoms with Gasteiger partial charge >= 0.3 is 0 Å². The van der Waals surface area contributed by atoms with Crippen molar-refractivity contribution in [1.29, 1.82) is 5.26 Å². The second-order valence-corrected chi connectivity index (χ2v) is 1.71. The van der Waals surface area contributed by atoms with E-state index in [9.17, 15) is 0 Å². The fraction of sp³-hybridized carbons (Fsp3) is 0.400. The highest BCUT2D eigenvalue weighted by atomic mass is 15.0. The van der Waals surface area contributed by atoms with Crippen LogP contribution in [-0.4, -0.2) is 6.17 Å². The Hall–Kier alpha value is -1.01. The minimum Gasteiger partial charge on any atom is -0.375 e. The van der Waals surface area contributed by atoms with E-state index in [1.807, 2.05) is 6.07 Å². The first-order valence-corrected chi connectivity index (χ1v) is 2.42. The summed E-state index contributed by atoms with van der Waals surface area (Å²) in [5.74, 6) is -0.144. The predicted molar refractivity (Wildman–Crippen MR) is 29.4 cm³/mol. The predicted octanol–water partition coefficient (Wildman–Crippen LogP) is -0.472. The molecule has 0 saturated carbocycles. The fourth-order valence-corrected chi connectivity index (χ4v) is 0.617. The molecule has 0 radical (unpaired) electrons. The molecule has 1 aliphatic heterocycles. The van der Waals surface area contributed by atoms with Gasteiger partial charge in [-0.3, -0.25) is 0 Å². The highest BCUT2D eigenvalue weighted by Crippen LogP contribution is 2.04. The summed E-state index contributed by atoms with van der Waals surface area (Å²) in [5, 5.41) is 11.1. The van der Waals surface area contributed by atoms with Crippen LogP contribution in [0.25, 0.3) is 0 Å². The van der Waals surface area contributed by atoms with Gasteiger partial charge in [-0.1, -0.05) is 0 Å². The van der Waals surface area contributed by atoms with Crippen LogP contribution in [-0.2, 0) is 0 Å². The first-order chi connectivity index (χ1) is 3.84. The summed E-state index contributed by atoms with van der Waals surface area (Å²) in [6.45, 7) is 0. The van der Waals surface area contributed by atoms with E-state index in [-0.39, 0.29) is 12.1 Å². The molecule has 3 N–H and O–H groups in total. The Bertz CT molecular complexity index is 144. The molecule has 0 fully saturated rings. The molecular formula is C5H7N3. The van der Waals surface area contributed by atoms with Crippen molar-refractivity contribution in [2.45, 2.75) is 6.17 Å². The summed E-state index contributed by atoms with van der Waals surface area (Å²) in [4.78, 5) is 0. The SMILES string of the molecule is N#CC1C=CNC1N. The number of rotatable bonds is 0. The van der Waals surface area contributed by atoms with Crippen molar-refractivity contribution >= 4 is 0 Å². The van der Waals surface area contributed by atoms with Crippen LogP contribution in [0.4, 0.5) is 0 Å². The molecule has 1 heterocycles. The van der Waals surface area contributed by atoms with E-state index in [0.29, 0.717) is 0 Å². The number of nitriles is 1. The number of hydrogen-bond acceptors (Lipinski definition) is 3. The zero-order valence-corrected chi connectivity index (χ0v) is 4.33. The van der Waals surface area contributed by atoms with Crippen LogP contribution >= 0.6 is 0 Å². The van der Waals surface area contributed by atoms with Gasteiger partial charge in [0, 0.05) is 0 Å². The highest BCUT2D eigenvalue weighted by Gasteiger charge is 2.16. The molecule has 0 aliphatic carbocycles. The van der Waals surface area contributed by atoms with Crippen LogP contribution in [0.3, 0.4) is 0 Å². The molecule has 2 atom stereocenters. The van der Waals surface area contributed by atoms with Gasteiger partial charge in [0.1, 0.15) is 0 Å². The molecule has 2 unspecified atom stereocenters. The topological polar surface area (TPSA) is 61.8 Å². The standard InChI is InChI=1S/C5H7N3/c6-3-4-1-2-8-5(4)7/h1-2,4-5,8H,7H2. The Kier molecular flexibility index (Phi) is 1.18. The number of nitrogens with zero attached hydrogens (tertiary/aromatic N) is 1. The Morgan fingerprint density at radius 1 is 1.75 bits per heavy atom. The lowest BCUT2D eigenvalue weighted by Crippen LogP contribution is -2.35. The molecule has 0 aromatic carbocycles. The van der Waals surface area contributed by atoms with Gasteiger partial charge in [0.15, 0.2) is 0 Å². The summed E-state index contributed by atoms with van der Waals surface area (Å²) < 4.78 is 0. The lowest BCUT2D eigenvalue weighted by Gasteiger charge is -2.04. The smallest absolute Gasteiger partial charge is 0.0992 e. The second kappa shape index (κ2) is 1.85. The van der Waals surface area contributed by atoms with Crippen LogP contribution in [0.15, 0.2) is 12.3 Å². The van der Waals surface area contributed by atoms with E-state index in [1.165, 1.54) is 0 Å². The van der Waals surface area contributed by atoms with Crippen molar-refractivity contribution in [3.63, 3.8) is 0 Å². The summed E-state index contributed by atoms with van der Waals surface area (Å²) >= 11 is 0. The molecule has 0 saturated heterocycles. The van der Waals surface area contributed by atoms with Crippen LogP contribution in [0.1, 0.15) is 0 Å². The number of nitrogens with one attached hydrogen (secondary N) is 1. The largest absolute Gasteiger partial charge is 0.375 e. The normalized spacial score (nSPS) is 34.0. The Labute approximate surface area is 47.8 Å². The average molecular weight is 109 g/mol. The van der Waals surface area contributed by atoms with E-state index >= 15 is 0 Å². The maximum absolute atomic E-state index is 8.32. The lowest BCUT2D eigenvalue weighted by molar-refractivity contribution is 0.580. The second-order valence-electron chi connectivity index (χ2n) is 1.71. The molecule has 3 heteroatoms. The highest BCUT2D eigenvalue weighted by molar-refractivity contribution is 5.09. The third-order valence-electron chi connectivity index (χ3n) is 1.13. The summed E-state index contributed by atoms with van der Waals surface area (Å²) in [7, 11) is 0. The fourth-order valence-electron chi connectivity index (χ4n) is 0.617. The zero-order chi connectivity index (χ0) is 5.98. The molecule has 0 amide bonds. The van der Waals surface area contributed by atoms with Gasteiger partial charge in [0.2, 0.25) is 0 Å². The van der Waals surface area contributed by atoms with Crippen molar-refractivity contribution in [2.75, 3.05) is 0 Å². The molecule has 1 aliphatic rings. The van der Waals surface area contributed by atoms with Crippen LogP contribution in [0, 0.1) is 17.2 Å². The molecule has 0 spiro atoms. The van der Waals surface area contributed by atoms with Crippen molar-refractivity contribution in [3.05, 3.63) is 12.3 Å². The summed E-state index contributed by atoms with van der Waals surface area (Å²) in [5.41, 5.74) is 5.39. The lowest BCUT2D eigenvalue weighted by atomic mass is 10.1. The van der Waals surface area contributed by atoms with Crippen LogP contribution in [0.5, 0.6) is 0 Å². The Balaban J connectivity index is 2.57. The molecule has 0 bridgehead atoms. The molecule has 42 valence electrons. The van der Waals surface area contributed by atoms with Gasteiger partial charge in [0.05, 0.1) is 18.2 Å². The van der Waals surface area contributed by atoms with Gasteiger partial charge in [-0.15, -0.1) is 0 Å². The van der Waals surface area contributed by atoms with E-state index in [2.05, 4.69) is 5.32 Å². The summed E-state index contributed by atoms with van der Waals surface area (Å²) in [6.07, 6.45) is 3.27. The van der Waals surface area contributed by atoms with Crippen molar-refractivity contribution in [3.8, 4) is 6.07 Å². The van der Waals surface area contributed by atoms with Gasteiger partial charge in [0.25, 0.3) is 0 Å². The van der Waals surface area contributed by atoms with Gasteiger partial charge < -0.3 is 11.1 Å². The molecular weight excluding hydrogens is 102 g/mol. The average Bonchev–Trinajstić information content (AvgIpc) is 2.14. The van der Waals surface area contributed by atoms with Crippen LogP contribution < -0.4 is 11.1 Å². The van der Waals surface area contributed by atoms with Crippen molar-refractivity contribution < 1.29 is 0 Å². The molecule has 8 heavy (non-hydrogen) atoms. The molecule has 0 aromatic heterocycles. The summed E-state index contributed by atoms with van der Waals surface area (Å²) in [6, 6.07) is 2.04. The van der Waals surface area contributed by atoms with E-state index < -0.39 is 0 Å². The van der Waals surface area contributed by atoms with Gasteiger partial charge in [-0.05, 0) is 12.3 Å². The zero-order valence-electron chi connectivity index (χ0n) is 4.33. The van der Waals surface area contributed by atoms with Gasteiger partial charge in [-0.2, -0.15) is 5.26 Å². The van der Waals surface area contributed by atoms with E-state index in [4.69, 9.17) is 11.0 Å². The van der Waals surface area contributed by atoms with Crippen molar-refractivity contribution in [1.82, 2.24) is 5.32 Å². The minimum absolute atomic E-state index is 0.144. The Morgan fingerprint density at radius 3 is 2.75 bits per heavy atom. The molecule has 1 rings (SSSR count). The van der Waals surface area contributed by atoms with Gasteiger partial charge in [-0.25, -0.2) is 0 Å². The van der Waals surface area contributed by atoms with Crippen LogP contribution in [0.2, 0.25) is 0 Å². The maximum atomic E-state index is 8.32. The first kappa shape index (κ1) is 5.13. The van der Waals surface area contributed by atoms with E-state index in [0.717, 1.165) is 0 Å². The maximum Gasteiger partial charge on any atom is 0.0992 e. The quantitative estimate of drug-likeness (QED) is 0.442. The third kappa shape index (κ3) is 0.658. The minimum atomic E-state index is -0.194. The van der Waals surface area contributed by atoms with Crippen molar-refractivity contribution in [2.24, 2.45) is 11.7 Å².